The molecule has 21 heavy (non-hydrogen) atoms. The zero-order valence-electron chi connectivity index (χ0n) is 11.4. The molecule has 0 saturated carbocycles. The number of carboxylic acids is 1. The van der Waals surface area contributed by atoms with Crippen LogP contribution in [0, 0.1) is 0 Å². The predicted molar refractivity (Wildman–Crippen MR) is 74.9 cm³/mol. The summed E-state index contributed by atoms with van der Waals surface area (Å²) < 4.78 is 0. The molecule has 2 unspecified atom stereocenters. The quantitative estimate of drug-likeness (QED) is 0.907. The van der Waals surface area contributed by atoms with E-state index >= 15 is 0 Å². The number of aliphatic carboxylic acids is 1. The van der Waals surface area contributed by atoms with E-state index in [4.69, 9.17) is 9.94 Å². The minimum Gasteiger partial charge on any atom is -0.477 e. The van der Waals surface area contributed by atoms with Gasteiger partial charge >= 0.3 is 5.97 Å². The van der Waals surface area contributed by atoms with Gasteiger partial charge in [-0.1, -0.05) is 35.5 Å². The van der Waals surface area contributed by atoms with Crippen molar-refractivity contribution in [3.63, 3.8) is 0 Å². The second-order valence-electron chi connectivity index (χ2n) is 5.32. The molecule has 2 aliphatic heterocycles. The number of rotatable bonds is 3. The van der Waals surface area contributed by atoms with Gasteiger partial charge in [-0.05, 0) is 12.0 Å². The number of hydrogen-bond acceptors (Lipinski definition) is 4. The average molecular weight is 288 g/mol. The van der Waals surface area contributed by atoms with Crippen molar-refractivity contribution in [1.82, 2.24) is 4.90 Å². The van der Waals surface area contributed by atoms with Crippen LogP contribution in [0.4, 0.5) is 0 Å². The van der Waals surface area contributed by atoms with Gasteiger partial charge in [0, 0.05) is 25.4 Å². The van der Waals surface area contributed by atoms with Gasteiger partial charge in [-0.15, -0.1) is 0 Å². The van der Waals surface area contributed by atoms with Crippen LogP contribution < -0.4 is 0 Å². The summed E-state index contributed by atoms with van der Waals surface area (Å²) in [6, 6.07) is 10.1. The van der Waals surface area contributed by atoms with Crippen LogP contribution in [0.2, 0.25) is 0 Å². The van der Waals surface area contributed by atoms with Crippen LogP contribution >= 0.6 is 0 Å². The van der Waals surface area contributed by atoms with Crippen LogP contribution in [-0.4, -0.2) is 46.8 Å². The van der Waals surface area contributed by atoms with Gasteiger partial charge in [-0.3, -0.25) is 4.79 Å². The van der Waals surface area contributed by atoms with E-state index in [1.807, 2.05) is 18.2 Å². The second-order valence-corrected chi connectivity index (χ2v) is 5.32. The topological polar surface area (TPSA) is 79.2 Å². The Kier molecular flexibility index (Phi) is 3.60. The highest BCUT2D eigenvalue weighted by molar-refractivity contribution is 6.36. The van der Waals surface area contributed by atoms with Gasteiger partial charge < -0.3 is 14.8 Å². The molecule has 0 aromatic heterocycles. The molecule has 2 heterocycles. The molecule has 0 aliphatic carbocycles. The molecule has 6 heteroatoms. The summed E-state index contributed by atoms with van der Waals surface area (Å²) >= 11 is 0. The summed E-state index contributed by atoms with van der Waals surface area (Å²) in [6.07, 6.45) is 0.168. The third-order valence-electron chi connectivity index (χ3n) is 3.96. The van der Waals surface area contributed by atoms with Gasteiger partial charge in [0.2, 0.25) is 6.10 Å². The van der Waals surface area contributed by atoms with E-state index in [1.54, 1.807) is 4.90 Å². The zero-order valence-corrected chi connectivity index (χ0v) is 11.4. The fourth-order valence-electron chi connectivity index (χ4n) is 2.80. The molecule has 0 bridgehead atoms. The third-order valence-corrected chi connectivity index (χ3v) is 3.96. The highest BCUT2D eigenvalue weighted by atomic mass is 16.6. The molecular formula is C15H16N2O4. The summed E-state index contributed by atoms with van der Waals surface area (Å²) in [4.78, 5) is 29.8. The number of carbonyl (C=O) groups is 2. The minimum atomic E-state index is -1.13. The maximum atomic E-state index is 12.3. The van der Waals surface area contributed by atoms with E-state index in [-0.39, 0.29) is 18.0 Å². The molecule has 0 radical (unpaired) electrons. The van der Waals surface area contributed by atoms with E-state index in [1.165, 1.54) is 5.56 Å². The Morgan fingerprint density at radius 2 is 2.05 bits per heavy atom. The Bertz CT molecular complexity index is 585. The second kappa shape index (κ2) is 5.55. The van der Waals surface area contributed by atoms with Crippen LogP contribution in [0.1, 0.15) is 24.3 Å². The maximum absolute atomic E-state index is 12.3. The molecule has 0 spiro atoms. The van der Waals surface area contributed by atoms with E-state index in [9.17, 15) is 9.59 Å². The lowest BCUT2D eigenvalue weighted by Gasteiger charge is -2.19. The lowest BCUT2D eigenvalue weighted by molar-refractivity contribution is -0.141. The normalized spacial score (nSPS) is 24.6. The number of likely N-dealkylation sites (tertiary alicyclic amines) is 1. The first-order valence-corrected chi connectivity index (χ1v) is 6.95. The SMILES string of the molecule is O=C(O)C1=NOC(C(=O)N2CCC(c3ccccc3)C2)C1. The molecule has 1 amide bonds. The Morgan fingerprint density at radius 1 is 1.29 bits per heavy atom. The van der Waals surface area contributed by atoms with E-state index in [0.29, 0.717) is 19.0 Å². The van der Waals surface area contributed by atoms with Crippen molar-refractivity contribution in [3.8, 4) is 0 Å². The largest absolute Gasteiger partial charge is 0.477 e. The smallest absolute Gasteiger partial charge is 0.353 e. The number of oxime groups is 1. The molecule has 6 nitrogen and oxygen atoms in total. The first-order chi connectivity index (χ1) is 10.1. The van der Waals surface area contributed by atoms with Crippen LogP contribution in [0.15, 0.2) is 35.5 Å². The lowest BCUT2D eigenvalue weighted by Crippen LogP contribution is -2.38. The van der Waals surface area contributed by atoms with Gasteiger partial charge in [0.15, 0.2) is 5.71 Å². The highest BCUT2D eigenvalue weighted by Crippen LogP contribution is 2.28. The molecule has 2 aliphatic rings. The van der Waals surface area contributed by atoms with Crippen LogP contribution in [0.3, 0.4) is 0 Å². The van der Waals surface area contributed by atoms with Crippen molar-refractivity contribution in [2.45, 2.75) is 24.9 Å². The Morgan fingerprint density at radius 3 is 2.71 bits per heavy atom. The number of carbonyl (C=O) groups excluding carboxylic acids is 1. The van der Waals surface area contributed by atoms with Gasteiger partial charge in [-0.2, -0.15) is 0 Å². The fourth-order valence-corrected chi connectivity index (χ4v) is 2.80. The van der Waals surface area contributed by atoms with Crippen LogP contribution in [0.5, 0.6) is 0 Å². The molecule has 1 aromatic rings. The summed E-state index contributed by atoms with van der Waals surface area (Å²) in [5.74, 6) is -0.973. The van der Waals surface area contributed by atoms with Crippen molar-refractivity contribution in [1.29, 1.82) is 0 Å². The Hall–Kier alpha value is -2.37. The summed E-state index contributed by atoms with van der Waals surface area (Å²) in [5, 5.41) is 12.3. The maximum Gasteiger partial charge on any atom is 0.353 e. The number of amides is 1. The number of nitrogens with zero attached hydrogens (tertiary/aromatic N) is 2. The first-order valence-electron chi connectivity index (χ1n) is 6.95. The Labute approximate surface area is 122 Å². The molecule has 3 rings (SSSR count). The number of carboxylic acid groups (broad SMARTS) is 1. The minimum absolute atomic E-state index is 0.0423. The third kappa shape index (κ3) is 2.74. The van der Waals surface area contributed by atoms with Crippen LogP contribution in [0.25, 0.3) is 0 Å². The Balaban J connectivity index is 1.60. The molecular weight excluding hydrogens is 272 g/mol. The monoisotopic (exact) mass is 288 g/mol. The molecule has 2 atom stereocenters. The van der Waals surface area contributed by atoms with Crippen molar-refractivity contribution in [2.24, 2.45) is 5.16 Å². The number of benzene rings is 1. The van der Waals surface area contributed by atoms with Gasteiger partial charge in [0.1, 0.15) is 0 Å². The van der Waals surface area contributed by atoms with Gasteiger partial charge in [0.05, 0.1) is 0 Å². The van der Waals surface area contributed by atoms with Crippen molar-refractivity contribution in [2.75, 3.05) is 13.1 Å². The summed E-state index contributed by atoms with van der Waals surface area (Å²) in [6.45, 7) is 1.31. The number of hydrogen-bond donors (Lipinski definition) is 1. The van der Waals surface area contributed by atoms with E-state index < -0.39 is 12.1 Å². The molecule has 1 saturated heterocycles. The standard InChI is InChI=1S/C15H16N2O4/c18-14(13-8-12(15(19)20)16-21-13)17-7-6-11(9-17)10-4-2-1-3-5-10/h1-5,11,13H,6-9H2,(H,19,20). The van der Waals surface area contributed by atoms with E-state index in [2.05, 4.69) is 17.3 Å². The van der Waals surface area contributed by atoms with E-state index in [0.717, 1.165) is 6.42 Å². The highest BCUT2D eigenvalue weighted by Gasteiger charge is 2.37. The zero-order chi connectivity index (χ0) is 14.8. The summed E-state index contributed by atoms with van der Waals surface area (Å²) in [7, 11) is 0. The van der Waals surface area contributed by atoms with Gasteiger partial charge in [-0.25, -0.2) is 4.79 Å². The predicted octanol–water partition coefficient (Wildman–Crippen LogP) is 1.23. The van der Waals surface area contributed by atoms with Crippen LogP contribution in [-0.2, 0) is 14.4 Å². The van der Waals surface area contributed by atoms with Gasteiger partial charge in [0.25, 0.3) is 5.91 Å². The molecule has 1 fully saturated rings. The average Bonchev–Trinajstić information content (AvgIpc) is 3.17. The van der Waals surface area contributed by atoms with Crippen molar-refractivity contribution >= 4 is 17.6 Å². The molecule has 1 N–H and O–H groups in total. The van der Waals surface area contributed by atoms with Crippen molar-refractivity contribution < 1.29 is 19.5 Å². The first kappa shape index (κ1) is 13.6. The fraction of sp³-hybridized carbons (Fsp3) is 0.400. The molecule has 1 aromatic carbocycles. The summed E-state index contributed by atoms with van der Waals surface area (Å²) in [5.41, 5.74) is 1.13. The lowest BCUT2D eigenvalue weighted by atomic mass is 9.99. The van der Waals surface area contributed by atoms with Crippen molar-refractivity contribution in [3.05, 3.63) is 35.9 Å². The molecule has 110 valence electrons.